The molecule has 1 N–H and O–H groups in total. The number of halogens is 3. The van der Waals surface area contributed by atoms with Gasteiger partial charge in [0.1, 0.15) is 12.3 Å². The molecule has 33 heavy (non-hydrogen) atoms. The summed E-state index contributed by atoms with van der Waals surface area (Å²) in [6, 6.07) is 7.64. The number of likely N-dealkylation sites (N-methyl/N-ethyl adjacent to an activating group) is 1. The summed E-state index contributed by atoms with van der Waals surface area (Å²) < 4.78 is 52.5. The largest absolute Gasteiger partial charge is 0.493 e. The molecule has 0 unspecified atom stereocenters. The van der Waals surface area contributed by atoms with Crippen molar-refractivity contribution in [2.24, 2.45) is 0 Å². The van der Waals surface area contributed by atoms with E-state index in [1.54, 1.807) is 29.2 Å². The van der Waals surface area contributed by atoms with Crippen LogP contribution in [0.25, 0.3) is 0 Å². The van der Waals surface area contributed by atoms with Crippen LogP contribution < -0.4 is 9.47 Å². The fourth-order valence-corrected chi connectivity index (χ4v) is 5.00. The van der Waals surface area contributed by atoms with E-state index in [0.29, 0.717) is 61.8 Å². The minimum atomic E-state index is -4.39. The Balaban J connectivity index is 0.00000324. The smallest absolute Gasteiger partial charge is 0.431 e. The van der Waals surface area contributed by atoms with Crippen molar-refractivity contribution in [3.8, 4) is 11.5 Å². The SMILES string of the molecule is COc1cc(C(=O)N2CCC3(CC2)c2ccc(C(F)(F)F)n2CCN3C)ccc1OCCO.[HH]. The van der Waals surface area contributed by atoms with E-state index in [9.17, 15) is 18.0 Å². The van der Waals surface area contributed by atoms with E-state index < -0.39 is 17.4 Å². The van der Waals surface area contributed by atoms with Gasteiger partial charge in [-0.1, -0.05) is 0 Å². The third-order valence-electron chi connectivity index (χ3n) is 6.77. The Morgan fingerprint density at radius 2 is 1.85 bits per heavy atom. The highest BCUT2D eigenvalue weighted by Crippen LogP contribution is 2.44. The van der Waals surface area contributed by atoms with E-state index in [1.165, 1.54) is 17.7 Å². The summed E-state index contributed by atoms with van der Waals surface area (Å²) in [5.41, 5.74) is -0.0289. The number of aliphatic hydroxyl groups is 1. The van der Waals surface area contributed by atoms with Crippen LogP contribution in [0.5, 0.6) is 11.5 Å². The zero-order chi connectivity index (χ0) is 23.8. The fraction of sp³-hybridized carbons (Fsp3) is 0.522. The molecule has 4 rings (SSSR count). The van der Waals surface area contributed by atoms with Gasteiger partial charge in [0, 0.05) is 38.9 Å². The third kappa shape index (κ3) is 4.17. The van der Waals surface area contributed by atoms with E-state index in [0.717, 1.165) is 0 Å². The first-order chi connectivity index (χ1) is 15.7. The molecule has 1 aromatic carbocycles. The molecule has 2 aliphatic heterocycles. The summed E-state index contributed by atoms with van der Waals surface area (Å²) in [6.45, 7) is 1.65. The van der Waals surface area contributed by atoms with Gasteiger partial charge in [-0.05, 0) is 50.2 Å². The number of alkyl halides is 3. The minimum Gasteiger partial charge on any atom is -0.493 e. The number of benzene rings is 1. The Morgan fingerprint density at radius 3 is 2.48 bits per heavy atom. The van der Waals surface area contributed by atoms with Crippen molar-refractivity contribution in [1.29, 1.82) is 0 Å². The monoisotopic (exact) mass is 469 g/mol. The first kappa shape index (κ1) is 23.4. The maximum Gasteiger partial charge on any atom is 0.431 e. The lowest BCUT2D eigenvalue weighted by atomic mass is 9.81. The number of aliphatic hydroxyl groups excluding tert-OH is 1. The molecule has 2 aromatic rings. The Morgan fingerprint density at radius 1 is 1.12 bits per heavy atom. The molecule has 0 bridgehead atoms. The Bertz CT molecular complexity index is 1020. The van der Waals surface area contributed by atoms with Gasteiger partial charge in [-0.2, -0.15) is 13.2 Å². The lowest BCUT2D eigenvalue weighted by Gasteiger charge is -2.50. The molecular formula is C23H30F3N3O4. The van der Waals surface area contributed by atoms with Crippen LogP contribution in [0.4, 0.5) is 13.2 Å². The van der Waals surface area contributed by atoms with Crippen molar-refractivity contribution in [1.82, 2.24) is 14.4 Å². The predicted octanol–water partition coefficient (Wildman–Crippen LogP) is 3.21. The number of amides is 1. The molecule has 1 aromatic heterocycles. The minimum absolute atomic E-state index is 0. The number of aromatic nitrogens is 1. The lowest BCUT2D eigenvalue weighted by Crippen LogP contribution is -2.56. The van der Waals surface area contributed by atoms with Crippen LogP contribution in [0.15, 0.2) is 30.3 Å². The summed E-state index contributed by atoms with van der Waals surface area (Å²) >= 11 is 0. The maximum atomic E-state index is 13.5. The quantitative estimate of drug-likeness (QED) is 0.729. The summed E-state index contributed by atoms with van der Waals surface area (Å²) in [5, 5.41) is 8.94. The summed E-state index contributed by atoms with van der Waals surface area (Å²) in [6.07, 6.45) is -3.30. The Kier molecular flexibility index (Phi) is 6.32. The van der Waals surface area contributed by atoms with Crippen LogP contribution in [-0.4, -0.2) is 72.4 Å². The number of methoxy groups -OCH3 is 1. The van der Waals surface area contributed by atoms with Gasteiger partial charge in [0.05, 0.1) is 19.3 Å². The average Bonchev–Trinajstić information content (AvgIpc) is 3.26. The molecule has 10 heteroatoms. The number of carbonyl (C=O) groups excluding carboxylic acids is 1. The van der Waals surface area contributed by atoms with Gasteiger partial charge in [-0.25, -0.2) is 0 Å². The highest BCUT2D eigenvalue weighted by molar-refractivity contribution is 5.95. The zero-order valence-corrected chi connectivity index (χ0v) is 18.7. The number of piperidine rings is 1. The summed E-state index contributed by atoms with van der Waals surface area (Å²) in [7, 11) is 3.42. The molecule has 7 nitrogen and oxygen atoms in total. The Labute approximate surface area is 191 Å². The van der Waals surface area contributed by atoms with E-state index in [2.05, 4.69) is 4.90 Å². The summed E-state index contributed by atoms with van der Waals surface area (Å²) in [5.74, 6) is 0.666. The average molecular weight is 470 g/mol. The van der Waals surface area contributed by atoms with Crippen LogP contribution in [-0.2, 0) is 18.3 Å². The molecular weight excluding hydrogens is 439 g/mol. The highest BCUT2D eigenvalue weighted by atomic mass is 19.4. The summed E-state index contributed by atoms with van der Waals surface area (Å²) in [4.78, 5) is 17.0. The molecule has 2 aliphatic rings. The van der Waals surface area contributed by atoms with Crippen molar-refractivity contribution in [3.05, 3.63) is 47.3 Å². The molecule has 1 amide bonds. The number of hydrogen-bond acceptors (Lipinski definition) is 5. The molecule has 0 radical (unpaired) electrons. The normalized spacial score (nSPS) is 18.3. The predicted molar refractivity (Wildman–Crippen MR) is 117 cm³/mol. The third-order valence-corrected chi connectivity index (χ3v) is 6.77. The second-order valence-corrected chi connectivity index (χ2v) is 8.44. The Hall–Kier alpha value is -2.72. The van der Waals surface area contributed by atoms with Gasteiger partial charge in [-0.15, -0.1) is 0 Å². The van der Waals surface area contributed by atoms with Crippen molar-refractivity contribution in [2.75, 3.05) is 47.0 Å². The zero-order valence-electron chi connectivity index (χ0n) is 18.7. The van der Waals surface area contributed by atoms with Crippen molar-refractivity contribution < 1.29 is 34.0 Å². The van der Waals surface area contributed by atoms with Crippen molar-refractivity contribution in [3.63, 3.8) is 0 Å². The molecule has 0 atom stereocenters. The molecule has 0 aliphatic carbocycles. The van der Waals surface area contributed by atoms with Crippen molar-refractivity contribution >= 4 is 5.91 Å². The molecule has 1 saturated heterocycles. The maximum absolute atomic E-state index is 13.5. The van der Waals surface area contributed by atoms with Gasteiger partial charge in [0.25, 0.3) is 5.91 Å². The second-order valence-electron chi connectivity index (χ2n) is 8.44. The number of hydrogen-bond donors (Lipinski definition) is 1. The van der Waals surface area contributed by atoms with Crippen molar-refractivity contribution in [2.45, 2.75) is 31.1 Å². The molecule has 1 fully saturated rings. The first-order valence-electron chi connectivity index (χ1n) is 10.9. The van der Waals surface area contributed by atoms with E-state index in [-0.39, 0.29) is 20.5 Å². The number of fused-ring (bicyclic) bond motifs is 2. The van der Waals surface area contributed by atoms with Gasteiger partial charge < -0.3 is 24.0 Å². The van der Waals surface area contributed by atoms with E-state index >= 15 is 0 Å². The number of likely N-dealkylation sites (tertiary alicyclic amines) is 1. The van der Waals surface area contributed by atoms with Gasteiger partial charge in [0.15, 0.2) is 11.5 Å². The van der Waals surface area contributed by atoms with Gasteiger partial charge in [-0.3, -0.25) is 9.69 Å². The van der Waals surface area contributed by atoms with Crippen LogP contribution in [0.3, 0.4) is 0 Å². The van der Waals surface area contributed by atoms with Crippen LogP contribution in [0.1, 0.15) is 36.0 Å². The molecule has 0 saturated carbocycles. The topological polar surface area (TPSA) is 67.2 Å². The first-order valence-corrected chi connectivity index (χ1v) is 10.9. The second kappa shape index (κ2) is 8.90. The van der Waals surface area contributed by atoms with Gasteiger partial charge in [0.2, 0.25) is 0 Å². The van der Waals surface area contributed by atoms with Crippen LogP contribution in [0, 0.1) is 0 Å². The van der Waals surface area contributed by atoms with E-state index in [1.807, 2.05) is 7.05 Å². The number of carbonyl (C=O) groups is 1. The number of ether oxygens (including phenoxy) is 2. The fourth-order valence-electron chi connectivity index (χ4n) is 5.00. The standard InChI is InChI=1S/C23H28F3N3O4.H2/c1-27-11-12-29-19(5-6-20(29)23(24,25)26)22(27)7-9-28(10-8-22)21(31)16-3-4-17(33-14-13-30)18(15-16)32-2;/h3-6,15,30H,7-14H2,1-2H3;1H. The van der Waals surface area contributed by atoms with Crippen LogP contribution >= 0.6 is 0 Å². The molecule has 1 spiro atoms. The number of nitrogens with zero attached hydrogens (tertiary/aromatic N) is 3. The molecule has 182 valence electrons. The van der Waals surface area contributed by atoms with E-state index in [4.69, 9.17) is 14.6 Å². The van der Waals surface area contributed by atoms with Crippen LogP contribution in [0.2, 0.25) is 0 Å². The highest BCUT2D eigenvalue weighted by Gasteiger charge is 2.47. The molecule has 3 heterocycles. The number of rotatable bonds is 5. The van der Waals surface area contributed by atoms with Gasteiger partial charge >= 0.3 is 6.18 Å². The lowest BCUT2D eigenvalue weighted by molar-refractivity contribution is -0.144.